The summed E-state index contributed by atoms with van der Waals surface area (Å²) in [6.07, 6.45) is 0.905. The van der Waals surface area contributed by atoms with Crippen molar-refractivity contribution in [1.82, 2.24) is 0 Å². The van der Waals surface area contributed by atoms with Gasteiger partial charge in [0, 0.05) is 6.42 Å². The third kappa shape index (κ3) is 8.93. The van der Waals surface area contributed by atoms with Crippen LogP contribution in [0, 0.1) is 5.41 Å². The maximum absolute atomic E-state index is 9.72. The third-order valence-electron chi connectivity index (χ3n) is 1.89. The van der Waals surface area contributed by atoms with E-state index in [1.165, 1.54) is 0 Å². The maximum Gasteiger partial charge on any atom is 0.303 e. The largest absolute Gasteiger partial charge is 0.481 e. The molecule has 16 heavy (non-hydrogen) atoms. The molecule has 0 amide bonds. The Morgan fingerprint density at radius 2 is 1.38 bits per heavy atom. The van der Waals surface area contributed by atoms with E-state index in [4.69, 9.17) is 25.5 Å². The molecule has 0 radical (unpaired) electrons. The van der Waals surface area contributed by atoms with E-state index in [1.54, 1.807) is 0 Å². The molecule has 98 valence electrons. The van der Waals surface area contributed by atoms with Gasteiger partial charge in [0.25, 0.3) is 0 Å². The number of carboxylic acid groups (broad SMARTS) is 1. The van der Waals surface area contributed by atoms with Gasteiger partial charge in [0.2, 0.25) is 0 Å². The summed E-state index contributed by atoms with van der Waals surface area (Å²) in [6, 6.07) is 0. The Labute approximate surface area is 100.0 Å². The predicted octanol–water partition coefficient (Wildman–Crippen LogP) is -1.28. The Balaban J connectivity index is 0. The average molecular weight is 256 g/mol. The van der Waals surface area contributed by atoms with E-state index in [-0.39, 0.29) is 6.42 Å². The Kier molecular flexibility index (Phi) is 12.6. The van der Waals surface area contributed by atoms with Gasteiger partial charge in [-0.2, -0.15) is 12.6 Å². The average Bonchev–Trinajstić information content (AvgIpc) is 2.31. The minimum Gasteiger partial charge on any atom is -0.481 e. The summed E-state index contributed by atoms with van der Waals surface area (Å²) >= 11 is 3.83. The van der Waals surface area contributed by atoms with Gasteiger partial charge in [-0.1, -0.05) is 0 Å². The first-order valence-electron chi connectivity index (χ1n) is 4.78. The molecule has 0 rings (SSSR count). The van der Waals surface area contributed by atoms with Gasteiger partial charge in [-0.15, -0.1) is 0 Å². The zero-order valence-electron chi connectivity index (χ0n) is 9.04. The van der Waals surface area contributed by atoms with Gasteiger partial charge in [-0.3, -0.25) is 4.79 Å². The van der Waals surface area contributed by atoms with E-state index < -0.39 is 37.8 Å². The lowest BCUT2D eigenvalue weighted by Crippen LogP contribution is -2.37. The molecular formula is C9H20O6S. The lowest BCUT2D eigenvalue weighted by Gasteiger charge is -2.23. The number of hydrogen-bond acceptors (Lipinski definition) is 6. The number of carboxylic acids is 1. The van der Waals surface area contributed by atoms with Crippen LogP contribution in [-0.2, 0) is 4.79 Å². The van der Waals surface area contributed by atoms with E-state index in [2.05, 4.69) is 12.6 Å². The topological polar surface area (TPSA) is 118 Å². The number of carbonyl (C=O) groups is 1. The van der Waals surface area contributed by atoms with Crippen LogP contribution in [0.4, 0.5) is 0 Å². The van der Waals surface area contributed by atoms with Crippen LogP contribution in [0.2, 0.25) is 0 Å². The van der Waals surface area contributed by atoms with Crippen molar-refractivity contribution in [3.8, 4) is 0 Å². The van der Waals surface area contributed by atoms with Crippen molar-refractivity contribution in [1.29, 1.82) is 0 Å². The molecule has 0 saturated heterocycles. The first-order valence-corrected chi connectivity index (χ1v) is 5.41. The van der Waals surface area contributed by atoms with E-state index in [9.17, 15) is 4.79 Å². The monoisotopic (exact) mass is 256 g/mol. The Bertz CT molecular complexity index is 154. The van der Waals surface area contributed by atoms with Crippen molar-refractivity contribution in [3.63, 3.8) is 0 Å². The zero-order valence-corrected chi connectivity index (χ0v) is 9.94. The molecule has 6 nitrogen and oxygen atoms in total. The molecule has 0 aliphatic carbocycles. The van der Waals surface area contributed by atoms with E-state index >= 15 is 0 Å². The van der Waals surface area contributed by atoms with Crippen molar-refractivity contribution in [3.05, 3.63) is 0 Å². The molecule has 0 heterocycles. The van der Waals surface area contributed by atoms with Crippen LogP contribution >= 0.6 is 12.6 Å². The lowest BCUT2D eigenvalue weighted by molar-refractivity contribution is -0.137. The summed E-state index contributed by atoms with van der Waals surface area (Å²) < 4.78 is 0. The highest BCUT2D eigenvalue weighted by atomic mass is 32.1. The number of thiol groups is 1. The first kappa shape index (κ1) is 18.0. The van der Waals surface area contributed by atoms with Gasteiger partial charge in [-0.05, 0) is 12.2 Å². The maximum atomic E-state index is 9.72. The van der Waals surface area contributed by atoms with Crippen molar-refractivity contribution >= 4 is 18.6 Å². The molecule has 7 heteroatoms. The van der Waals surface area contributed by atoms with Crippen molar-refractivity contribution in [2.24, 2.45) is 5.41 Å². The number of aliphatic carboxylic acids is 1. The molecule has 0 unspecified atom stereocenters. The van der Waals surface area contributed by atoms with Gasteiger partial charge < -0.3 is 25.5 Å². The van der Waals surface area contributed by atoms with Gasteiger partial charge in [0.1, 0.15) is 0 Å². The summed E-state index contributed by atoms with van der Waals surface area (Å²) in [5.74, 6) is -0.0826. The molecule has 0 bridgehead atoms. The molecule has 0 fully saturated rings. The van der Waals surface area contributed by atoms with E-state index in [0.29, 0.717) is 12.2 Å². The van der Waals surface area contributed by atoms with Crippen LogP contribution in [0.15, 0.2) is 0 Å². The van der Waals surface area contributed by atoms with Crippen LogP contribution in [0.25, 0.3) is 0 Å². The quantitative estimate of drug-likeness (QED) is 0.316. The second-order valence-corrected chi connectivity index (χ2v) is 3.80. The van der Waals surface area contributed by atoms with Crippen LogP contribution < -0.4 is 0 Å². The summed E-state index contributed by atoms with van der Waals surface area (Å²) in [5, 5.41) is 42.0. The molecule has 0 saturated carbocycles. The fourth-order valence-corrected chi connectivity index (χ4v) is 0.688. The van der Waals surface area contributed by atoms with Crippen LogP contribution in [-0.4, -0.2) is 63.7 Å². The predicted molar refractivity (Wildman–Crippen MR) is 61.5 cm³/mol. The summed E-state index contributed by atoms with van der Waals surface area (Å²) in [7, 11) is 0. The second kappa shape index (κ2) is 11.2. The highest BCUT2D eigenvalue weighted by Crippen LogP contribution is 2.11. The molecule has 0 aromatic heterocycles. The highest BCUT2D eigenvalue weighted by Gasteiger charge is 2.26. The van der Waals surface area contributed by atoms with Gasteiger partial charge in [-0.25, -0.2) is 0 Å². The van der Waals surface area contributed by atoms with E-state index in [1.807, 2.05) is 0 Å². The second-order valence-electron chi connectivity index (χ2n) is 3.35. The van der Waals surface area contributed by atoms with Crippen molar-refractivity contribution < 1.29 is 30.3 Å². The summed E-state index contributed by atoms with van der Waals surface area (Å²) in [6.45, 7) is -1.62. The Morgan fingerprint density at radius 3 is 1.44 bits per heavy atom. The fraction of sp³-hybridized carbons (Fsp3) is 0.889. The molecular weight excluding hydrogens is 236 g/mol. The number of aliphatic hydroxyl groups is 4. The molecule has 0 atom stereocenters. The van der Waals surface area contributed by atoms with Crippen molar-refractivity contribution in [2.75, 3.05) is 32.2 Å². The summed E-state index contributed by atoms with van der Waals surface area (Å²) in [5.41, 5.74) is -1.11. The van der Waals surface area contributed by atoms with Gasteiger partial charge in [0.05, 0.1) is 31.8 Å². The minimum absolute atomic E-state index is 0.240. The third-order valence-corrected chi connectivity index (χ3v) is 2.21. The van der Waals surface area contributed by atoms with Crippen molar-refractivity contribution in [2.45, 2.75) is 12.8 Å². The van der Waals surface area contributed by atoms with E-state index in [0.717, 1.165) is 0 Å². The van der Waals surface area contributed by atoms with Gasteiger partial charge in [0.15, 0.2) is 0 Å². The van der Waals surface area contributed by atoms with Crippen LogP contribution in [0.5, 0.6) is 0 Å². The smallest absolute Gasteiger partial charge is 0.303 e. The fourth-order valence-electron chi connectivity index (χ4n) is 0.530. The highest BCUT2D eigenvalue weighted by molar-refractivity contribution is 7.80. The standard InChI is InChI=1S/C5H12O4.C4H8O2S/c6-1-5(2-7,3-8)4-9;5-4(6)2-1-3-7/h6-9H,1-4H2;7H,1-3H2,(H,5,6). The Hall–Kier alpha value is -0.340. The molecule has 0 spiro atoms. The van der Waals surface area contributed by atoms with Crippen LogP contribution in [0.3, 0.4) is 0 Å². The molecule has 5 N–H and O–H groups in total. The first-order chi connectivity index (χ1) is 7.51. The molecule has 0 aromatic carbocycles. The zero-order chi connectivity index (χ0) is 13.0. The molecule has 0 aliphatic heterocycles. The number of rotatable bonds is 7. The van der Waals surface area contributed by atoms with Crippen LogP contribution in [0.1, 0.15) is 12.8 Å². The number of aliphatic hydroxyl groups excluding tert-OH is 4. The SMILES string of the molecule is O=C(O)CCCS.OCC(CO)(CO)CO. The normalized spacial score (nSPS) is 10.6. The summed E-state index contributed by atoms with van der Waals surface area (Å²) in [4.78, 5) is 9.72. The number of hydrogen-bond donors (Lipinski definition) is 6. The Morgan fingerprint density at radius 1 is 1.00 bits per heavy atom. The molecule has 0 aromatic rings. The lowest BCUT2D eigenvalue weighted by atomic mass is 9.93. The molecule has 0 aliphatic rings. The minimum atomic E-state index is -1.11. The van der Waals surface area contributed by atoms with Gasteiger partial charge >= 0.3 is 5.97 Å².